The molecule has 1 aliphatic rings. The Kier molecular flexibility index (Phi) is 5.30. The summed E-state index contributed by atoms with van der Waals surface area (Å²) in [7, 11) is 4.88. The number of ether oxygens (including phenoxy) is 3. The van der Waals surface area contributed by atoms with E-state index in [1.165, 1.54) is 19.3 Å². The maximum absolute atomic E-state index is 5.63. The van der Waals surface area contributed by atoms with E-state index in [1.54, 1.807) is 37.6 Å². The number of hydrogen-bond acceptors (Lipinski definition) is 7. The second-order valence-electron chi connectivity index (χ2n) is 6.90. The van der Waals surface area contributed by atoms with E-state index in [-0.39, 0.29) is 0 Å². The van der Waals surface area contributed by atoms with E-state index >= 15 is 0 Å². The molecular formula is C20H24N4O3S. The third-order valence-corrected chi connectivity index (χ3v) is 6.13. The smallest absolute Gasteiger partial charge is 0.253 e. The first kappa shape index (κ1) is 18.9. The number of hydrogen-bond donors (Lipinski definition) is 0. The van der Waals surface area contributed by atoms with E-state index < -0.39 is 0 Å². The van der Waals surface area contributed by atoms with Gasteiger partial charge in [-0.05, 0) is 31.7 Å². The van der Waals surface area contributed by atoms with Gasteiger partial charge in [0.05, 0.1) is 32.6 Å². The fourth-order valence-corrected chi connectivity index (χ4v) is 4.32. The maximum Gasteiger partial charge on any atom is 0.253 e. The van der Waals surface area contributed by atoms with Crippen LogP contribution in [0.15, 0.2) is 23.4 Å². The second kappa shape index (κ2) is 7.87. The molecule has 0 N–H and O–H groups in total. The number of aryl methyl sites for hydroxylation is 1. The van der Waals surface area contributed by atoms with Crippen LogP contribution < -0.4 is 14.2 Å². The number of fused-ring (bicyclic) bond motifs is 1. The minimum Gasteiger partial charge on any atom is -0.496 e. The highest BCUT2D eigenvalue weighted by Gasteiger charge is 2.22. The summed E-state index contributed by atoms with van der Waals surface area (Å²) in [6.07, 6.45) is 3.96. The van der Waals surface area contributed by atoms with Gasteiger partial charge in [-0.1, -0.05) is 18.2 Å². The lowest BCUT2D eigenvalue weighted by atomic mass is 9.87. The van der Waals surface area contributed by atoms with Crippen molar-refractivity contribution in [1.29, 1.82) is 0 Å². The molecule has 28 heavy (non-hydrogen) atoms. The standard InChI is InChI=1S/C20H24N4O3S/c1-12-8-15(18-16(26-3)9-14(25-2)10-17(18)27-4)24-19(21-12)22-20(23-24)28-11-13-6-5-7-13/h8-10,13H,5-7,11H2,1-4H3. The van der Waals surface area contributed by atoms with E-state index in [9.17, 15) is 0 Å². The van der Waals surface area contributed by atoms with Crippen molar-refractivity contribution in [2.24, 2.45) is 5.92 Å². The van der Waals surface area contributed by atoms with Gasteiger partial charge in [0, 0.05) is 23.6 Å². The molecule has 148 valence electrons. The van der Waals surface area contributed by atoms with Crippen molar-refractivity contribution in [3.63, 3.8) is 0 Å². The Hall–Kier alpha value is -2.48. The Morgan fingerprint density at radius 2 is 1.75 bits per heavy atom. The van der Waals surface area contributed by atoms with Crippen molar-refractivity contribution < 1.29 is 14.2 Å². The molecule has 1 aliphatic carbocycles. The summed E-state index contributed by atoms with van der Waals surface area (Å²) in [5.74, 6) is 4.36. The van der Waals surface area contributed by atoms with Gasteiger partial charge in [-0.2, -0.15) is 9.50 Å². The van der Waals surface area contributed by atoms with E-state index in [2.05, 4.69) is 9.97 Å². The third-order valence-electron chi connectivity index (χ3n) is 5.06. The summed E-state index contributed by atoms with van der Waals surface area (Å²) in [5.41, 5.74) is 2.47. The summed E-state index contributed by atoms with van der Waals surface area (Å²) < 4.78 is 18.4. The molecule has 1 saturated carbocycles. The van der Waals surface area contributed by atoms with Gasteiger partial charge in [-0.15, -0.1) is 5.10 Å². The lowest BCUT2D eigenvalue weighted by Crippen LogP contribution is -2.13. The van der Waals surface area contributed by atoms with Crippen LogP contribution >= 0.6 is 11.8 Å². The molecule has 0 atom stereocenters. The molecule has 0 saturated heterocycles. The fraction of sp³-hybridized carbons (Fsp3) is 0.450. The van der Waals surface area contributed by atoms with Gasteiger partial charge in [-0.3, -0.25) is 0 Å². The zero-order chi connectivity index (χ0) is 19.7. The van der Waals surface area contributed by atoms with Crippen LogP contribution in [0, 0.1) is 12.8 Å². The number of thioether (sulfide) groups is 1. The van der Waals surface area contributed by atoms with Crippen molar-refractivity contribution in [2.45, 2.75) is 31.3 Å². The summed E-state index contributed by atoms with van der Waals surface area (Å²) >= 11 is 1.70. The Balaban J connectivity index is 1.82. The van der Waals surface area contributed by atoms with Crippen molar-refractivity contribution in [3.8, 4) is 28.5 Å². The number of nitrogens with zero attached hydrogens (tertiary/aromatic N) is 4. The van der Waals surface area contributed by atoms with Crippen LogP contribution in [-0.4, -0.2) is 46.7 Å². The predicted molar refractivity (Wildman–Crippen MR) is 109 cm³/mol. The molecule has 7 nitrogen and oxygen atoms in total. The Labute approximate surface area is 168 Å². The first-order valence-corrected chi connectivity index (χ1v) is 10.3. The second-order valence-corrected chi connectivity index (χ2v) is 7.89. The summed E-state index contributed by atoms with van der Waals surface area (Å²) in [6, 6.07) is 5.64. The molecule has 8 heteroatoms. The molecule has 0 spiro atoms. The Morgan fingerprint density at radius 1 is 1.04 bits per heavy atom. The lowest BCUT2D eigenvalue weighted by molar-refractivity contribution is 0.353. The zero-order valence-electron chi connectivity index (χ0n) is 16.6. The number of benzene rings is 1. The van der Waals surface area contributed by atoms with Crippen LogP contribution in [-0.2, 0) is 0 Å². The molecule has 0 unspecified atom stereocenters. The fourth-order valence-electron chi connectivity index (χ4n) is 3.32. The molecule has 0 aliphatic heterocycles. The highest BCUT2D eigenvalue weighted by molar-refractivity contribution is 7.99. The third kappa shape index (κ3) is 3.48. The summed E-state index contributed by atoms with van der Waals surface area (Å²) in [6.45, 7) is 1.95. The topological polar surface area (TPSA) is 70.8 Å². The zero-order valence-corrected chi connectivity index (χ0v) is 17.4. The summed E-state index contributed by atoms with van der Waals surface area (Å²) in [4.78, 5) is 9.19. The highest BCUT2D eigenvalue weighted by Crippen LogP contribution is 2.42. The molecule has 0 radical (unpaired) electrons. The van der Waals surface area contributed by atoms with Gasteiger partial charge in [0.25, 0.3) is 5.78 Å². The van der Waals surface area contributed by atoms with Gasteiger partial charge in [0.1, 0.15) is 17.2 Å². The average Bonchev–Trinajstić information content (AvgIpc) is 3.07. The van der Waals surface area contributed by atoms with Crippen LogP contribution in [0.5, 0.6) is 17.2 Å². The van der Waals surface area contributed by atoms with Crippen LogP contribution in [0.2, 0.25) is 0 Å². The average molecular weight is 401 g/mol. The molecule has 2 aromatic heterocycles. The minimum absolute atomic E-state index is 0.575. The van der Waals surface area contributed by atoms with Crippen LogP contribution in [0.1, 0.15) is 25.0 Å². The van der Waals surface area contributed by atoms with Gasteiger partial charge >= 0.3 is 0 Å². The lowest BCUT2D eigenvalue weighted by Gasteiger charge is -2.23. The molecule has 2 heterocycles. The Bertz CT molecular complexity index is 976. The highest BCUT2D eigenvalue weighted by atomic mass is 32.2. The van der Waals surface area contributed by atoms with E-state index in [1.807, 2.05) is 25.1 Å². The van der Waals surface area contributed by atoms with Crippen LogP contribution in [0.25, 0.3) is 17.0 Å². The maximum atomic E-state index is 5.63. The quantitative estimate of drug-likeness (QED) is 0.555. The molecule has 0 amide bonds. The molecule has 3 aromatic rings. The van der Waals surface area contributed by atoms with E-state index in [4.69, 9.17) is 19.3 Å². The summed E-state index contributed by atoms with van der Waals surface area (Å²) in [5, 5.41) is 5.47. The number of rotatable bonds is 7. The molecule has 4 rings (SSSR count). The van der Waals surface area contributed by atoms with E-state index in [0.717, 1.165) is 33.8 Å². The molecule has 0 bridgehead atoms. The number of aromatic nitrogens is 4. The van der Waals surface area contributed by atoms with Crippen molar-refractivity contribution in [1.82, 2.24) is 19.6 Å². The predicted octanol–water partition coefficient (Wildman–Crippen LogP) is 4.02. The largest absolute Gasteiger partial charge is 0.496 e. The van der Waals surface area contributed by atoms with Crippen molar-refractivity contribution >= 4 is 17.5 Å². The van der Waals surface area contributed by atoms with Crippen molar-refractivity contribution in [3.05, 3.63) is 23.9 Å². The molecule has 1 aromatic carbocycles. The minimum atomic E-state index is 0.575. The van der Waals surface area contributed by atoms with Crippen molar-refractivity contribution in [2.75, 3.05) is 27.1 Å². The van der Waals surface area contributed by atoms with Crippen LogP contribution in [0.4, 0.5) is 0 Å². The monoisotopic (exact) mass is 400 g/mol. The molecule has 1 fully saturated rings. The first-order valence-electron chi connectivity index (χ1n) is 9.30. The first-order chi connectivity index (χ1) is 13.6. The number of methoxy groups -OCH3 is 3. The van der Waals surface area contributed by atoms with Crippen LogP contribution in [0.3, 0.4) is 0 Å². The van der Waals surface area contributed by atoms with Gasteiger partial charge in [-0.25, -0.2) is 4.98 Å². The van der Waals surface area contributed by atoms with Gasteiger partial charge in [0.2, 0.25) is 5.16 Å². The molecular weight excluding hydrogens is 376 g/mol. The SMILES string of the molecule is COc1cc(OC)c(-c2cc(C)nc3nc(SCC4CCC4)nn23)c(OC)c1. The normalized spacial score (nSPS) is 14.1. The van der Waals surface area contributed by atoms with Gasteiger partial charge in [0.15, 0.2) is 0 Å². The Morgan fingerprint density at radius 3 is 2.32 bits per heavy atom. The van der Waals surface area contributed by atoms with E-state index in [0.29, 0.717) is 23.0 Å². The van der Waals surface area contributed by atoms with Gasteiger partial charge < -0.3 is 14.2 Å².